The summed E-state index contributed by atoms with van der Waals surface area (Å²) in [5.41, 5.74) is -1.89. The van der Waals surface area contributed by atoms with E-state index in [0.717, 1.165) is 31.8 Å². The fraction of sp³-hybridized carbons (Fsp3) is 0.805. The predicted octanol–water partition coefficient (Wildman–Crippen LogP) is 4.58. The minimum Gasteiger partial charge on any atom is -0.466 e. The zero-order valence-electron chi connectivity index (χ0n) is 34.4. The molecule has 0 aliphatic carbocycles. The third-order valence-corrected chi connectivity index (χ3v) is 10.9. The molecule has 16 heteroatoms. The topological polar surface area (TPSA) is 203 Å². The SMILES string of the molecule is CCCCCCCC(=O)O[C@H]1/C(=C/C(=O)OC)C[C@H]2C[C@H](CO)OC(=O)C[C@H](O)CCO[C@H](C(C)(C)COC(=O)CCl)C[C@@H]3CCO[C@H](/C=C/C(C)(C)[C@]1(O)O2)O3. The van der Waals surface area contributed by atoms with Gasteiger partial charge in [0.15, 0.2) is 12.4 Å². The standard InChI is InChI=1S/C41H65ClO15/c1-7-8-9-10-11-12-33(45)56-38-27(20-34(46)50-6)19-30-22-31(25-43)54-35(47)21-28(44)14-17-51-32(39(2,3)26-53-36(48)24-42)23-29-15-18-52-37(55-29)13-16-40(4,5)41(38,49)57-30/h13,16,20,28-32,37-38,43-44,49H,7-12,14-15,17-19,21-26H2,1-6H3/b16-13+,27-20+/t28-,29+,30+,31-,32+,37+,38+,41-/m1/s1. The van der Waals surface area contributed by atoms with Crippen molar-refractivity contribution in [2.24, 2.45) is 10.8 Å². The van der Waals surface area contributed by atoms with Crippen molar-refractivity contribution in [3.8, 4) is 0 Å². The van der Waals surface area contributed by atoms with E-state index < -0.39 is 90.3 Å². The highest BCUT2D eigenvalue weighted by molar-refractivity contribution is 6.26. The van der Waals surface area contributed by atoms with Gasteiger partial charge < -0.3 is 53.2 Å². The second kappa shape index (κ2) is 23.2. The summed E-state index contributed by atoms with van der Waals surface area (Å²) in [5.74, 6) is -5.32. The van der Waals surface area contributed by atoms with Crippen molar-refractivity contribution in [3.05, 3.63) is 23.8 Å². The molecule has 3 heterocycles. The van der Waals surface area contributed by atoms with Crippen molar-refractivity contribution >= 4 is 35.5 Å². The number of aliphatic hydroxyl groups is 3. The molecule has 0 aromatic carbocycles. The van der Waals surface area contributed by atoms with Crippen LogP contribution in [0.15, 0.2) is 23.8 Å². The van der Waals surface area contributed by atoms with Gasteiger partial charge in [0.05, 0.1) is 57.8 Å². The molecular formula is C41H65ClO15. The Balaban J connectivity index is 2.04. The molecule has 2 fully saturated rings. The van der Waals surface area contributed by atoms with Gasteiger partial charge in [0.25, 0.3) is 0 Å². The summed E-state index contributed by atoms with van der Waals surface area (Å²) in [6.45, 7) is 8.94. The Kier molecular flexibility index (Phi) is 19.9. The number of aliphatic hydroxyl groups excluding tert-OH is 2. The van der Waals surface area contributed by atoms with Gasteiger partial charge in [-0.05, 0) is 37.3 Å². The molecule has 3 N–H and O–H groups in total. The minimum absolute atomic E-state index is 0.00201. The minimum atomic E-state index is -2.32. The summed E-state index contributed by atoms with van der Waals surface area (Å²) in [6, 6.07) is 0. The van der Waals surface area contributed by atoms with Crippen LogP contribution < -0.4 is 0 Å². The fourth-order valence-electron chi connectivity index (χ4n) is 7.07. The van der Waals surface area contributed by atoms with Crippen LogP contribution in [0.25, 0.3) is 0 Å². The van der Waals surface area contributed by atoms with Crippen molar-refractivity contribution < 1.29 is 72.4 Å². The Morgan fingerprint density at radius 2 is 1.74 bits per heavy atom. The maximum atomic E-state index is 13.4. The Morgan fingerprint density at radius 1 is 1.02 bits per heavy atom. The quantitative estimate of drug-likeness (QED) is 0.0581. The first kappa shape index (κ1) is 48.7. The van der Waals surface area contributed by atoms with E-state index in [1.165, 1.54) is 7.11 Å². The monoisotopic (exact) mass is 832 g/mol. The largest absolute Gasteiger partial charge is 0.466 e. The van der Waals surface area contributed by atoms with Crippen LogP contribution in [-0.2, 0) is 57.1 Å². The van der Waals surface area contributed by atoms with Gasteiger partial charge in [-0.15, -0.1) is 11.6 Å². The van der Waals surface area contributed by atoms with Crippen LogP contribution in [0.3, 0.4) is 0 Å². The maximum absolute atomic E-state index is 13.4. The number of rotatable bonds is 13. The lowest BCUT2D eigenvalue weighted by Crippen LogP contribution is -2.62. The van der Waals surface area contributed by atoms with Crippen LogP contribution in [0.1, 0.15) is 112 Å². The van der Waals surface area contributed by atoms with Crippen LogP contribution in [0, 0.1) is 10.8 Å². The number of unbranched alkanes of at least 4 members (excludes halogenated alkanes) is 4. The molecule has 0 amide bonds. The van der Waals surface area contributed by atoms with Crippen LogP contribution in [0.4, 0.5) is 0 Å². The lowest BCUT2D eigenvalue weighted by molar-refractivity contribution is -0.327. The molecule has 57 heavy (non-hydrogen) atoms. The molecule has 3 aliphatic rings. The number of hydrogen-bond donors (Lipinski definition) is 3. The Morgan fingerprint density at radius 3 is 2.42 bits per heavy atom. The number of methoxy groups -OCH3 is 1. The predicted molar refractivity (Wildman–Crippen MR) is 207 cm³/mol. The highest BCUT2D eigenvalue weighted by Crippen LogP contribution is 2.47. The second-order valence-electron chi connectivity index (χ2n) is 16.3. The number of alkyl halides is 1. The summed E-state index contributed by atoms with van der Waals surface area (Å²) < 4.78 is 46.8. The second-order valence-corrected chi connectivity index (χ2v) is 16.6. The van der Waals surface area contributed by atoms with Crippen LogP contribution in [0.5, 0.6) is 0 Å². The number of esters is 4. The molecule has 2 saturated heterocycles. The van der Waals surface area contributed by atoms with Gasteiger partial charge in [-0.1, -0.05) is 66.4 Å². The fourth-order valence-corrected chi connectivity index (χ4v) is 7.14. The van der Waals surface area contributed by atoms with Gasteiger partial charge >= 0.3 is 23.9 Å². The lowest BCUT2D eigenvalue weighted by Gasteiger charge is -2.51. The molecule has 3 rings (SSSR count). The molecule has 0 saturated carbocycles. The van der Waals surface area contributed by atoms with Crippen molar-refractivity contribution in [2.75, 3.05) is 39.4 Å². The first-order valence-electron chi connectivity index (χ1n) is 20.1. The third kappa shape index (κ3) is 15.2. The van der Waals surface area contributed by atoms with Gasteiger partial charge in [-0.2, -0.15) is 0 Å². The molecule has 0 unspecified atom stereocenters. The van der Waals surface area contributed by atoms with E-state index in [4.69, 9.17) is 49.5 Å². The number of carbonyl (C=O) groups excluding carboxylic acids is 4. The van der Waals surface area contributed by atoms with E-state index in [0.29, 0.717) is 25.9 Å². The number of hydrogen-bond acceptors (Lipinski definition) is 15. The maximum Gasteiger partial charge on any atom is 0.330 e. The molecule has 3 aliphatic heterocycles. The van der Waals surface area contributed by atoms with Crippen molar-refractivity contribution in [2.45, 2.75) is 160 Å². The van der Waals surface area contributed by atoms with Crippen molar-refractivity contribution in [1.82, 2.24) is 0 Å². The molecule has 0 spiro atoms. The van der Waals surface area contributed by atoms with Gasteiger partial charge in [-0.25, -0.2) is 4.79 Å². The van der Waals surface area contributed by atoms with E-state index in [-0.39, 0.29) is 56.5 Å². The van der Waals surface area contributed by atoms with E-state index in [1.54, 1.807) is 26.0 Å². The Bertz CT molecular complexity index is 1370. The van der Waals surface area contributed by atoms with Crippen molar-refractivity contribution in [1.29, 1.82) is 0 Å². The molecule has 0 aromatic heterocycles. The molecule has 0 radical (unpaired) electrons. The van der Waals surface area contributed by atoms with E-state index in [1.807, 2.05) is 13.8 Å². The molecule has 326 valence electrons. The molecule has 4 bridgehead atoms. The van der Waals surface area contributed by atoms with Crippen LogP contribution in [-0.4, -0.2) is 127 Å². The van der Waals surface area contributed by atoms with Crippen LogP contribution in [0.2, 0.25) is 0 Å². The lowest BCUT2D eigenvalue weighted by atomic mass is 9.74. The normalized spacial score (nSPS) is 31.7. The van der Waals surface area contributed by atoms with E-state index in [2.05, 4.69) is 6.92 Å². The molecule has 8 atom stereocenters. The summed E-state index contributed by atoms with van der Waals surface area (Å²) in [7, 11) is 1.20. The molecular weight excluding hydrogens is 768 g/mol. The number of carbonyl (C=O) groups is 4. The zero-order chi connectivity index (χ0) is 42.2. The smallest absolute Gasteiger partial charge is 0.330 e. The highest BCUT2D eigenvalue weighted by Gasteiger charge is 2.57. The summed E-state index contributed by atoms with van der Waals surface area (Å²) in [6.07, 6.45) is 2.83. The summed E-state index contributed by atoms with van der Waals surface area (Å²) >= 11 is 5.66. The summed E-state index contributed by atoms with van der Waals surface area (Å²) in [4.78, 5) is 51.0. The van der Waals surface area contributed by atoms with E-state index >= 15 is 0 Å². The number of ether oxygens (including phenoxy) is 8. The average Bonchev–Trinajstić information content (AvgIpc) is 3.16. The van der Waals surface area contributed by atoms with Gasteiger partial charge in [0.1, 0.15) is 12.0 Å². The highest BCUT2D eigenvalue weighted by atomic mass is 35.5. The summed E-state index contributed by atoms with van der Waals surface area (Å²) in [5, 5.41) is 33.8. The Hall–Kier alpha value is -2.63. The first-order chi connectivity index (χ1) is 27.0. The van der Waals surface area contributed by atoms with E-state index in [9.17, 15) is 34.5 Å². The van der Waals surface area contributed by atoms with Gasteiger partial charge in [0, 0.05) is 42.8 Å². The first-order valence-corrected chi connectivity index (χ1v) is 20.7. The van der Waals surface area contributed by atoms with Crippen molar-refractivity contribution in [3.63, 3.8) is 0 Å². The molecule has 15 nitrogen and oxygen atoms in total. The third-order valence-electron chi connectivity index (χ3n) is 10.6. The van der Waals surface area contributed by atoms with Crippen LogP contribution >= 0.6 is 11.6 Å². The number of halogens is 1. The van der Waals surface area contributed by atoms with Gasteiger partial charge in [0.2, 0.25) is 5.79 Å². The Labute approximate surface area is 341 Å². The average molecular weight is 833 g/mol. The zero-order valence-corrected chi connectivity index (χ0v) is 35.2. The number of fused-ring (bicyclic) bond motifs is 4. The number of cyclic esters (lactones) is 1. The molecule has 0 aromatic rings. The van der Waals surface area contributed by atoms with Gasteiger partial charge in [-0.3, -0.25) is 14.4 Å².